The van der Waals surface area contributed by atoms with Crippen molar-refractivity contribution in [3.8, 4) is 5.69 Å². The van der Waals surface area contributed by atoms with Gasteiger partial charge in [0.25, 0.3) is 5.91 Å². The summed E-state index contributed by atoms with van der Waals surface area (Å²) >= 11 is 3.53. The minimum Gasteiger partial charge on any atom is -0.349 e. The van der Waals surface area contributed by atoms with Crippen molar-refractivity contribution in [1.29, 1.82) is 0 Å². The molecular formula is C16H18BrN3O. The van der Waals surface area contributed by atoms with Crippen molar-refractivity contribution in [3.05, 3.63) is 48.3 Å². The van der Waals surface area contributed by atoms with E-state index in [-0.39, 0.29) is 11.9 Å². The van der Waals surface area contributed by atoms with Crippen LogP contribution in [0.1, 0.15) is 29.6 Å². The van der Waals surface area contributed by atoms with Crippen LogP contribution in [0.5, 0.6) is 0 Å². The number of amides is 1. The molecular weight excluding hydrogens is 330 g/mol. The van der Waals surface area contributed by atoms with Crippen LogP contribution in [0.3, 0.4) is 0 Å². The van der Waals surface area contributed by atoms with Crippen LogP contribution in [0.25, 0.3) is 5.69 Å². The van der Waals surface area contributed by atoms with Gasteiger partial charge >= 0.3 is 0 Å². The highest BCUT2D eigenvalue weighted by atomic mass is 79.9. The van der Waals surface area contributed by atoms with Gasteiger partial charge in [-0.05, 0) is 30.9 Å². The predicted octanol–water partition coefficient (Wildman–Crippen LogP) is 3.17. The third-order valence-electron chi connectivity index (χ3n) is 4.04. The Kier molecular flexibility index (Phi) is 4.39. The highest BCUT2D eigenvalue weighted by molar-refractivity contribution is 9.09. The van der Waals surface area contributed by atoms with E-state index in [0.29, 0.717) is 11.5 Å². The number of nitrogens with zero attached hydrogens (tertiary/aromatic N) is 2. The molecule has 1 aromatic carbocycles. The normalized spacial score (nSPS) is 21.4. The molecule has 0 saturated heterocycles. The molecule has 0 radical (unpaired) electrons. The molecule has 2 aromatic rings. The molecule has 0 spiro atoms. The molecule has 1 saturated carbocycles. The molecule has 0 aliphatic heterocycles. The van der Waals surface area contributed by atoms with Crippen molar-refractivity contribution in [2.75, 3.05) is 5.33 Å². The Morgan fingerprint density at radius 1 is 1.33 bits per heavy atom. The van der Waals surface area contributed by atoms with E-state index in [1.165, 1.54) is 12.8 Å². The van der Waals surface area contributed by atoms with Gasteiger partial charge in [-0.15, -0.1) is 0 Å². The maximum absolute atomic E-state index is 12.3. The highest BCUT2D eigenvalue weighted by Crippen LogP contribution is 2.27. The fourth-order valence-corrected chi connectivity index (χ4v) is 3.60. The fraction of sp³-hybridized carbons (Fsp3) is 0.375. The summed E-state index contributed by atoms with van der Waals surface area (Å²) in [6.45, 7) is 0. The Morgan fingerprint density at radius 3 is 2.90 bits per heavy atom. The van der Waals surface area contributed by atoms with Gasteiger partial charge in [0.15, 0.2) is 0 Å². The molecule has 3 rings (SSSR count). The van der Waals surface area contributed by atoms with Gasteiger partial charge in [0.2, 0.25) is 0 Å². The lowest BCUT2D eigenvalue weighted by Crippen LogP contribution is -2.37. The zero-order valence-electron chi connectivity index (χ0n) is 11.7. The van der Waals surface area contributed by atoms with E-state index in [2.05, 4.69) is 26.3 Å². The zero-order chi connectivity index (χ0) is 14.7. The third kappa shape index (κ3) is 3.18. The van der Waals surface area contributed by atoms with Crippen molar-refractivity contribution in [1.82, 2.24) is 15.1 Å². The number of nitrogens with one attached hydrogen (secondary N) is 1. The van der Waals surface area contributed by atoms with Crippen molar-refractivity contribution in [3.63, 3.8) is 0 Å². The van der Waals surface area contributed by atoms with E-state index in [9.17, 15) is 4.79 Å². The van der Waals surface area contributed by atoms with E-state index >= 15 is 0 Å². The van der Waals surface area contributed by atoms with Crippen LogP contribution in [0.4, 0.5) is 0 Å². The van der Waals surface area contributed by atoms with Gasteiger partial charge in [0.05, 0.1) is 17.4 Å². The van der Waals surface area contributed by atoms with Gasteiger partial charge in [0, 0.05) is 17.6 Å². The van der Waals surface area contributed by atoms with Crippen molar-refractivity contribution >= 4 is 21.8 Å². The Bertz CT molecular complexity index is 611. The minimum atomic E-state index is -0.0324. The second kappa shape index (κ2) is 6.43. The van der Waals surface area contributed by atoms with Crippen LogP contribution in [0.2, 0.25) is 0 Å². The summed E-state index contributed by atoms with van der Waals surface area (Å²) in [6.07, 6.45) is 6.84. The lowest BCUT2D eigenvalue weighted by atomic mass is 10.1. The second-order valence-electron chi connectivity index (χ2n) is 5.43. The lowest BCUT2D eigenvalue weighted by Gasteiger charge is -2.18. The van der Waals surface area contributed by atoms with E-state index in [1.807, 2.05) is 30.3 Å². The van der Waals surface area contributed by atoms with Crippen molar-refractivity contribution < 1.29 is 4.79 Å². The molecule has 2 unspecified atom stereocenters. The van der Waals surface area contributed by atoms with E-state index < -0.39 is 0 Å². The molecule has 1 heterocycles. The first-order valence-corrected chi connectivity index (χ1v) is 8.37. The van der Waals surface area contributed by atoms with Gasteiger partial charge in [0.1, 0.15) is 0 Å². The quantitative estimate of drug-likeness (QED) is 0.863. The molecule has 1 aliphatic rings. The molecule has 4 nitrogen and oxygen atoms in total. The number of halogens is 1. The topological polar surface area (TPSA) is 46.9 Å². The molecule has 5 heteroatoms. The Hall–Kier alpha value is -1.62. The summed E-state index contributed by atoms with van der Waals surface area (Å²) in [4.78, 5) is 12.3. The summed E-state index contributed by atoms with van der Waals surface area (Å²) in [6, 6.07) is 10.1. The van der Waals surface area contributed by atoms with Gasteiger partial charge in [-0.25, -0.2) is 4.68 Å². The number of hydrogen-bond acceptors (Lipinski definition) is 2. The summed E-state index contributed by atoms with van der Waals surface area (Å²) in [5, 5.41) is 8.35. The maximum Gasteiger partial charge on any atom is 0.254 e. The average Bonchev–Trinajstić information content (AvgIpc) is 3.17. The van der Waals surface area contributed by atoms with Gasteiger partial charge in [-0.1, -0.05) is 40.5 Å². The van der Waals surface area contributed by atoms with E-state index in [4.69, 9.17) is 0 Å². The average molecular weight is 348 g/mol. The molecule has 1 aromatic heterocycles. The number of rotatable bonds is 4. The first kappa shape index (κ1) is 14.3. The monoisotopic (exact) mass is 347 g/mol. The zero-order valence-corrected chi connectivity index (χ0v) is 13.3. The summed E-state index contributed by atoms with van der Waals surface area (Å²) in [7, 11) is 0. The van der Waals surface area contributed by atoms with E-state index in [0.717, 1.165) is 17.4 Å². The predicted molar refractivity (Wildman–Crippen MR) is 86.0 cm³/mol. The molecule has 1 N–H and O–H groups in total. The molecule has 1 amide bonds. The van der Waals surface area contributed by atoms with Gasteiger partial charge in [-0.2, -0.15) is 5.10 Å². The van der Waals surface area contributed by atoms with Crippen molar-refractivity contribution in [2.24, 2.45) is 5.92 Å². The molecule has 2 atom stereocenters. The van der Waals surface area contributed by atoms with Crippen molar-refractivity contribution in [2.45, 2.75) is 25.3 Å². The molecule has 110 valence electrons. The largest absolute Gasteiger partial charge is 0.349 e. The minimum absolute atomic E-state index is 0.0324. The van der Waals surface area contributed by atoms with Crippen LogP contribution < -0.4 is 5.32 Å². The number of carbonyl (C=O) groups excluding carboxylic acids is 1. The first-order valence-electron chi connectivity index (χ1n) is 7.25. The summed E-state index contributed by atoms with van der Waals surface area (Å²) in [5.74, 6) is 0.508. The second-order valence-corrected chi connectivity index (χ2v) is 6.08. The Labute approximate surface area is 132 Å². The number of hydrogen-bond donors (Lipinski definition) is 1. The molecule has 21 heavy (non-hydrogen) atoms. The van der Waals surface area contributed by atoms with Gasteiger partial charge < -0.3 is 5.32 Å². The fourth-order valence-electron chi connectivity index (χ4n) is 2.83. The van der Waals surface area contributed by atoms with Crippen LogP contribution in [0.15, 0.2) is 42.7 Å². The Morgan fingerprint density at radius 2 is 2.14 bits per heavy atom. The summed E-state index contributed by atoms with van der Waals surface area (Å²) < 4.78 is 1.73. The van der Waals surface area contributed by atoms with Crippen LogP contribution in [-0.2, 0) is 0 Å². The number of para-hydroxylation sites is 1. The van der Waals surface area contributed by atoms with E-state index in [1.54, 1.807) is 17.1 Å². The Balaban J connectivity index is 1.70. The third-order valence-corrected chi connectivity index (χ3v) is 4.87. The molecule has 1 aliphatic carbocycles. The summed E-state index contributed by atoms with van der Waals surface area (Å²) in [5.41, 5.74) is 1.56. The smallest absolute Gasteiger partial charge is 0.254 e. The van der Waals surface area contributed by atoms with Crippen LogP contribution in [-0.4, -0.2) is 27.1 Å². The standard InChI is InChI=1S/C16H18BrN3O/c17-9-12-5-4-8-15(12)19-16(21)13-10-18-20(11-13)14-6-2-1-3-7-14/h1-3,6-7,10-12,15H,4-5,8-9H2,(H,19,21). The van der Waals surface area contributed by atoms with Crippen LogP contribution in [0, 0.1) is 5.92 Å². The molecule has 1 fully saturated rings. The molecule has 0 bridgehead atoms. The highest BCUT2D eigenvalue weighted by Gasteiger charge is 2.28. The van der Waals surface area contributed by atoms with Gasteiger partial charge in [-0.3, -0.25) is 4.79 Å². The number of aromatic nitrogens is 2. The number of alkyl halides is 1. The lowest BCUT2D eigenvalue weighted by molar-refractivity contribution is 0.0930. The maximum atomic E-state index is 12.3. The number of carbonyl (C=O) groups is 1. The number of benzene rings is 1. The SMILES string of the molecule is O=C(NC1CCCC1CBr)c1cnn(-c2ccccc2)c1. The van der Waals surface area contributed by atoms with Crippen LogP contribution >= 0.6 is 15.9 Å². The first-order chi connectivity index (χ1) is 10.3.